The number of aromatic nitrogens is 2. The van der Waals surface area contributed by atoms with E-state index in [1.807, 2.05) is 14.0 Å². The lowest BCUT2D eigenvalue weighted by atomic mass is 10.0. The molecule has 0 aliphatic heterocycles. The summed E-state index contributed by atoms with van der Waals surface area (Å²) in [6, 6.07) is 11.1. The average Bonchev–Trinajstić information content (AvgIpc) is 3.06. The van der Waals surface area contributed by atoms with Crippen molar-refractivity contribution in [2.45, 2.75) is 26.4 Å². The molecule has 0 bridgehead atoms. The largest absolute Gasteiger partial charge is 0.308 e. The zero-order chi connectivity index (χ0) is 14.1. The standard InChI is InChI=1S/C16H19N3S/c1-4-19-14(10-11(2)18-19)15(17-3)13-7-5-6-12-8-9-20-16(12)13/h5-10,15,17H,4H2,1-3H3. The molecule has 1 unspecified atom stereocenters. The summed E-state index contributed by atoms with van der Waals surface area (Å²) < 4.78 is 3.44. The van der Waals surface area contributed by atoms with Crippen LogP contribution < -0.4 is 5.32 Å². The predicted molar refractivity (Wildman–Crippen MR) is 85.4 cm³/mol. The van der Waals surface area contributed by atoms with Crippen molar-refractivity contribution in [3.63, 3.8) is 0 Å². The maximum Gasteiger partial charge on any atom is 0.0759 e. The van der Waals surface area contributed by atoms with E-state index in [1.54, 1.807) is 11.3 Å². The van der Waals surface area contributed by atoms with E-state index >= 15 is 0 Å². The first-order valence-electron chi connectivity index (χ1n) is 6.92. The molecule has 4 heteroatoms. The highest BCUT2D eigenvalue weighted by molar-refractivity contribution is 7.17. The van der Waals surface area contributed by atoms with E-state index in [9.17, 15) is 0 Å². The molecule has 2 heterocycles. The normalized spacial score (nSPS) is 12.9. The zero-order valence-electron chi connectivity index (χ0n) is 12.1. The third-order valence-electron chi connectivity index (χ3n) is 3.64. The first-order chi connectivity index (χ1) is 9.74. The Labute approximate surface area is 123 Å². The van der Waals surface area contributed by atoms with Crippen molar-refractivity contribution in [1.82, 2.24) is 15.1 Å². The van der Waals surface area contributed by atoms with Crippen LogP contribution in [-0.2, 0) is 6.54 Å². The monoisotopic (exact) mass is 285 g/mol. The van der Waals surface area contributed by atoms with E-state index in [1.165, 1.54) is 21.3 Å². The molecular weight excluding hydrogens is 266 g/mol. The molecular formula is C16H19N3S. The SMILES string of the molecule is CCn1nc(C)cc1C(NC)c1cccc2ccsc12. The van der Waals surface area contributed by atoms with Gasteiger partial charge in [-0.1, -0.05) is 18.2 Å². The Bertz CT molecular complexity index is 726. The molecule has 0 spiro atoms. The Morgan fingerprint density at radius 1 is 1.35 bits per heavy atom. The molecule has 0 saturated carbocycles. The third kappa shape index (κ3) is 2.15. The van der Waals surface area contributed by atoms with E-state index in [4.69, 9.17) is 0 Å². The van der Waals surface area contributed by atoms with Crippen LogP contribution in [0.1, 0.15) is 29.9 Å². The molecule has 0 aliphatic rings. The van der Waals surface area contributed by atoms with Gasteiger partial charge in [0.25, 0.3) is 0 Å². The minimum atomic E-state index is 0.179. The lowest BCUT2D eigenvalue weighted by Gasteiger charge is -2.18. The fourth-order valence-corrected chi connectivity index (χ4v) is 3.70. The van der Waals surface area contributed by atoms with Crippen LogP contribution in [0, 0.1) is 6.92 Å². The summed E-state index contributed by atoms with van der Waals surface area (Å²) in [4.78, 5) is 0. The number of rotatable bonds is 4. The van der Waals surface area contributed by atoms with Gasteiger partial charge in [0.2, 0.25) is 0 Å². The lowest BCUT2D eigenvalue weighted by Crippen LogP contribution is -2.21. The Balaban J connectivity index is 2.16. The van der Waals surface area contributed by atoms with Crippen molar-refractivity contribution in [1.29, 1.82) is 0 Å². The third-order valence-corrected chi connectivity index (χ3v) is 4.62. The second-order valence-corrected chi connectivity index (χ2v) is 5.85. The predicted octanol–water partition coefficient (Wildman–Crippen LogP) is 3.73. The van der Waals surface area contributed by atoms with Crippen LogP contribution in [0.15, 0.2) is 35.7 Å². The minimum absolute atomic E-state index is 0.179. The summed E-state index contributed by atoms with van der Waals surface area (Å²) in [5, 5.41) is 11.5. The van der Waals surface area contributed by atoms with E-state index in [0.29, 0.717) is 0 Å². The first-order valence-corrected chi connectivity index (χ1v) is 7.80. The number of benzene rings is 1. The number of fused-ring (bicyclic) bond motifs is 1. The summed E-state index contributed by atoms with van der Waals surface area (Å²) in [5.74, 6) is 0. The number of aryl methyl sites for hydroxylation is 2. The quantitative estimate of drug-likeness (QED) is 0.791. The molecule has 3 aromatic rings. The summed E-state index contributed by atoms with van der Waals surface area (Å²) in [5.41, 5.74) is 3.63. The highest BCUT2D eigenvalue weighted by Gasteiger charge is 2.19. The van der Waals surface area contributed by atoms with Crippen molar-refractivity contribution < 1.29 is 0 Å². The maximum absolute atomic E-state index is 4.57. The van der Waals surface area contributed by atoms with Crippen molar-refractivity contribution in [3.8, 4) is 0 Å². The topological polar surface area (TPSA) is 29.9 Å². The number of hydrogen-bond donors (Lipinski definition) is 1. The molecule has 3 rings (SSSR count). The molecule has 0 saturated heterocycles. The molecule has 1 atom stereocenters. The van der Waals surface area contributed by atoms with Crippen LogP contribution in [0.2, 0.25) is 0 Å². The Morgan fingerprint density at radius 3 is 2.95 bits per heavy atom. The van der Waals surface area contributed by atoms with Crippen molar-refractivity contribution in [3.05, 3.63) is 52.7 Å². The van der Waals surface area contributed by atoms with E-state index in [2.05, 4.69) is 57.7 Å². The van der Waals surface area contributed by atoms with Crippen LogP contribution in [-0.4, -0.2) is 16.8 Å². The van der Waals surface area contributed by atoms with Crippen molar-refractivity contribution >= 4 is 21.4 Å². The molecule has 3 nitrogen and oxygen atoms in total. The van der Waals surface area contributed by atoms with Crippen LogP contribution in [0.25, 0.3) is 10.1 Å². The molecule has 0 radical (unpaired) electrons. The summed E-state index contributed by atoms with van der Waals surface area (Å²) >= 11 is 1.80. The first kappa shape index (κ1) is 13.3. The Hall–Kier alpha value is -1.65. The minimum Gasteiger partial charge on any atom is -0.308 e. The van der Waals surface area contributed by atoms with Gasteiger partial charge in [0.15, 0.2) is 0 Å². The van der Waals surface area contributed by atoms with Gasteiger partial charge in [0.1, 0.15) is 0 Å². The number of thiophene rings is 1. The van der Waals surface area contributed by atoms with Gasteiger partial charge < -0.3 is 5.32 Å². The number of nitrogens with one attached hydrogen (secondary N) is 1. The molecule has 104 valence electrons. The van der Waals surface area contributed by atoms with Gasteiger partial charge in [-0.05, 0) is 49.4 Å². The molecule has 2 aromatic heterocycles. The Kier molecular flexibility index (Phi) is 3.59. The average molecular weight is 285 g/mol. The van der Waals surface area contributed by atoms with Crippen molar-refractivity contribution in [2.24, 2.45) is 0 Å². The highest BCUT2D eigenvalue weighted by atomic mass is 32.1. The van der Waals surface area contributed by atoms with Crippen LogP contribution in [0.4, 0.5) is 0 Å². The second-order valence-electron chi connectivity index (χ2n) is 4.93. The fourth-order valence-electron chi connectivity index (χ4n) is 2.76. The Morgan fingerprint density at radius 2 is 2.20 bits per heavy atom. The van der Waals surface area contributed by atoms with E-state index in [-0.39, 0.29) is 6.04 Å². The fraction of sp³-hybridized carbons (Fsp3) is 0.312. The smallest absolute Gasteiger partial charge is 0.0759 e. The van der Waals surface area contributed by atoms with Crippen LogP contribution in [0.5, 0.6) is 0 Å². The van der Waals surface area contributed by atoms with Crippen LogP contribution >= 0.6 is 11.3 Å². The van der Waals surface area contributed by atoms with Gasteiger partial charge in [-0.3, -0.25) is 4.68 Å². The van der Waals surface area contributed by atoms with E-state index < -0.39 is 0 Å². The molecule has 0 amide bonds. The maximum atomic E-state index is 4.57. The number of hydrogen-bond acceptors (Lipinski definition) is 3. The molecule has 0 fully saturated rings. The van der Waals surface area contributed by atoms with Gasteiger partial charge in [-0.15, -0.1) is 11.3 Å². The molecule has 1 N–H and O–H groups in total. The highest BCUT2D eigenvalue weighted by Crippen LogP contribution is 2.32. The molecule has 0 aliphatic carbocycles. The van der Waals surface area contributed by atoms with Gasteiger partial charge in [0, 0.05) is 11.2 Å². The second kappa shape index (κ2) is 5.38. The van der Waals surface area contributed by atoms with Gasteiger partial charge >= 0.3 is 0 Å². The summed E-state index contributed by atoms with van der Waals surface area (Å²) in [7, 11) is 2.01. The van der Waals surface area contributed by atoms with Crippen LogP contribution in [0.3, 0.4) is 0 Å². The summed E-state index contributed by atoms with van der Waals surface area (Å²) in [6.07, 6.45) is 0. The van der Waals surface area contributed by atoms with Gasteiger partial charge in [0.05, 0.1) is 17.4 Å². The van der Waals surface area contributed by atoms with Gasteiger partial charge in [-0.2, -0.15) is 5.10 Å². The summed E-state index contributed by atoms with van der Waals surface area (Å²) in [6.45, 7) is 5.07. The van der Waals surface area contributed by atoms with Gasteiger partial charge in [-0.25, -0.2) is 0 Å². The molecule has 20 heavy (non-hydrogen) atoms. The lowest BCUT2D eigenvalue weighted by molar-refractivity contribution is 0.563. The number of nitrogens with zero attached hydrogens (tertiary/aromatic N) is 2. The molecule has 1 aromatic carbocycles. The zero-order valence-corrected chi connectivity index (χ0v) is 12.9. The van der Waals surface area contributed by atoms with E-state index in [0.717, 1.165) is 12.2 Å². The van der Waals surface area contributed by atoms with Crippen molar-refractivity contribution in [2.75, 3.05) is 7.05 Å².